The smallest absolute Gasteiger partial charge is 0.239 e. The number of hydrogen-bond acceptors (Lipinski definition) is 4. The molecule has 0 atom stereocenters. The first kappa shape index (κ1) is 18.8. The molecule has 1 amide bonds. The van der Waals surface area contributed by atoms with Gasteiger partial charge in [0.25, 0.3) is 0 Å². The minimum absolute atomic E-state index is 0.0906. The molecule has 0 fully saturated rings. The number of carbonyl (C=O) groups is 1. The lowest BCUT2D eigenvalue weighted by molar-refractivity contribution is -0.119. The number of benzene rings is 2. The van der Waals surface area contributed by atoms with Gasteiger partial charge in [0, 0.05) is 24.5 Å². The van der Waals surface area contributed by atoms with Crippen LogP contribution < -0.4 is 14.9 Å². The molecule has 0 radical (unpaired) electrons. The monoisotopic (exact) mass is 361 g/mol. The molecule has 6 nitrogen and oxygen atoms in total. The van der Waals surface area contributed by atoms with Crippen molar-refractivity contribution in [2.75, 3.05) is 29.0 Å². The fraction of sp³-hybridized carbons (Fsp3) is 0.278. The van der Waals surface area contributed by atoms with E-state index in [2.05, 4.69) is 10.0 Å². The molecule has 0 aliphatic heterocycles. The molecule has 134 valence electrons. The molecule has 0 aliphatic rings. The maximum absolute atomic E-state index is 12.2. The molecule has 0 heterocycles. The summed E-state index contributed by atoms with van der Waals surface area (Å²) in [6.45, 7) is 3.33. The van der Waals surface area contributed by atoms with Crippen LogP contribution >= 0.6 is 0 Å². The second-order valence-corrected chi connectivity index (χ2v) is 7.45. The summed E-state index contributed by atoms with van der Waals surface area (Å²) in [4.78, 5) is 14.2. The standard InChI is InChI=1S/C18H23N3O3S/c1-3-21(17-10-5-4-6-11-17)14-18(22)19-13-15-8-7-9-16(12-15)20-25(2,23)24/h4-12,20H,3,13-14H2,1-2H3,(H,19,22). The summed E-state index contributed by atoms with van der Waals surface area (Å²) in [6.07, 6.45) is 1.10. The highest BCUT2D eigenvalue weighted by Crippen LogP contribution is 2.13. The van der Waals surface area contributed by atoms with Gasteiger partial charge in [0.2, 0.25) is 15.9 Å². The molecule has 0 aromatic heterocycles. The number of amides is 1. The predicted octanol–water partition coefficient (Wildman–Crippen LogP) is 2.20. The molecule has 0 unspecified atom stereocenters. The van der Waals surface area contributed by atoms with Gasteiger partial charge >= 0.3 is 0 Å². The molecule has 25 heavy (non-hydrogen) atoms. The van der Waals surface area contributed by atoms with Gasteiger partial charge in [0.15, 0.2) is 0 Å². The van der Waals surface area contributed by atoms with Crippen LogP contribution in [0.15, 0.2) is 54.6 Å². The Morgan fingerprint density at radius 1 is 1.08 bits per heavy atom. The highest BCUT2D eigenvalue weighted by Gasteiger charge is 2.10. The SMILES string of the molecule is CCN(CC(=O)NCc1cccc(NS(C)(=O)=O)c1)c1ccccc1. The number of para-hydroxylation sites is 1. The number of carbonyl (C=O) groups excluding carboxylic acids is 1. The van der Waals surface area contributed by atoms with Crippen molar-refractivity contribution in [3.8, 4) is 0 Å². The van der Waals surface area contributed by atoms with Gasteiger partial charge in [-0.1, -0.05) is 30.3 Å². The van der Waals surface area contributed by atoms with Gasteiger partial charge in [-0.05, 0) is 36.8 Å². The zero-order valence-corrected chi connectivity index (χ0v) is 15.2. The van der Waals surface area contributed by atoms with Crippen molar-refractivity contribution >= 4 is 27.3 Å². The molecular weight excluding hydrogens is 338 g/mol. The summed E-state index contributed by atoms with van der Waals surface area (Å²) < 4.78 is 25.0. The first-order valence-corrected chi connectivity index (χ1v) is 9.90. The predicted molar refractivity (Wildman–Crippen MR) is 101 cm³/mol. The summed E-state index contributed by atoms with van der Waals surface area (Å²) in [7, 11) is -3.32. The Labute approximate surface area is 148 Å². The van der Waals surface area contributed by atoms with E-state index in [1.165, 1.54) is 0 Å². The average molecular weight is 361 g/mol. The Morgan fingerprint density at radius 3 is 2.44 bits per heavy atom. The van der Waals surface area contributed by atoms with E-state index in [1.807, 2.05) is 48.2 Å². The van der Waals surface area contributed by atoms with Crippen molar-refractivity contribution in [1.29, 1.82) is 0 Å². The van der Waals surface area contributed by atoms with Crippen molar-refractivity contribution in [3.63, 3.8) is 0 Å². The molecule has 0 saturated carbocycles. The molecule has 2 aromatic carbocycles. The van der Waals surface area contributed by atoms with Gasteiger partial charge in [-0.15, -0.1) is 0 Å². The van der Waals surface area contributed by atoms with E-state index in [4.69, 9.17) is 0 Å². The van der Waals surface area contributed by atoms with Crippen molar-refractivity contribution in [1.82, 2.24) is 5.32 Å². The number of nitrogens with one attached hydrogen (secondary N) is 2. The van der Waals surface area contributed by atoms with Crippen molar-refractivity contribution in [3.05, 3.63) is 60.2 Å². The van der Waals surface area contributed by atoms with E-state index in [9.17, 15) is 13.2 Å². The van der Waals surface area contributed by atoms with Crippen molar-refractivity contribution < 1.29 is 13.2 Å². The molecule has 0 bridgehead atoms. The Morgan fingerprint density at radius 2 is 1.80 bits per heavy atom. The summed E-state index contributed by atoms with van der Waals surface area (Å²) >= 11 is 0. The summed E-state index contributed by atoms with van der Waals surface area (Å²) in [5, 5.41) is 2.87. The molecule has 0 saturated heterocycles. The van der Waals surface area contributed by atoms with Crippen LogP contribution in [0.1, 0.15) is 12.5 Å². The number of sulfonamides is 1. The van der Waals surface area contributed by atoms with Crippen LogP contribution in [0.3, 0.4) is 0 Å². The summed E-state index contributed by atoms with van der Waals surface area (Å²) in [6, 6.07) is 16.7. The maximum atomic E-state index is 12.2. The zero-order chi connectivity index (χ0) is 18.3. The van der Waals surface area contributed by atoms with Crippen LogP contribution in [0.25, 0.3) is 0 Å². The summed E-state index contributed by atoms with van der Waals surface area (Å²) in [5.41, 5.74) is 2.30. The lowest BCUT2D eigenvalue weighted by Crippen LogP contribution is -2.36. The number of likely N-dealkylation sites (N-methyl/N-ethyl adjacent to an activating group) is 1. The average Bonchev–Trinajstić information content (AvgIpc) is 2.57. The number of hydrogen-bond donors (Lipinski definition) is 2. The van der Waals surface area contributed by atoms with E-state index in [0.29, 0.717) is 12.2 Å². The molecule has 2 rings (SSSR count). The third kappa shape index (κ3) is 6.46. The minimum atomic E-state index is -3.32. The molecule has 0 spiro atoms. The number of nitrogens with zero attached hydrogens (tertiary/aromatic N) is 1. The molecule has 0 aliphatic carbocycles. The van der Waals surface area contributed by atoms with Gasteiger partial charge in [-0.3, -0.25) is 9.52 Å². The Balaban J connectivity index is 1.92. The van der Waals surface area contributed by atoms with E-state index < -0.39 is 10.0 Å². The van der Waals surface area contributed by atoms with Gasteiger partial charge < -0.3 is 10.2 Å². The topological polar surface area (TPSA) is 78.5 Å². The minimum Gasteiger partial charge on any atom is -0.363 e. The van der Waals surface area contributed by atoms with Gasteiger partial charge in [0.1, 0.15) is 0 Å². The summed E-state index contributed by atoms with van der Waals surface area (Å²) in [5.74, 6) is -0.0906. The molecule has 2 N–H and O–H groups in total. The zero-order valence-electron chi connectivity index (χ0n) is 14.4. The highest BCUT2D eigenvalue weighted by molar-refractivity contribution is 7.92. The third-order valence-electron chi connectivity index (χ3n) is 3.56. The lowest BCUT2D eigenvalue weighted by atomic mass is 10.2. The van der Waals surface area contributed by atoms with Gasteiger partial charge in [0.05, 0.1) is 12.8 Å². The van der Waals surface area contributed by atoms with E-state index in [0.717, 1.165) is 24.1 Å². The highest BCUT2D eigenvalue weighted by atomic mass is 32.2. The molecule has 2 aromatic rings. The largest absolute Gasteiger partial charge is 0.363 e. The fourth-order valence-electron chi connectivity index (χ4n) is 2.41. The van der Waals surface area contributed by atoms with Crippen LogP contribution in [0.4, 0.5) is 11.4 Å². The van der Waals surface area contributed by atoms with Crippen molar-refractivity contribution in [2.24, 2.45) is 0 Å². The molecule has 7 heteroatoms. The van der Waals surface area contributed by atoms with E-state index in [1.54, 1.807) is 18.2 Å². The van der Waals surface area contributed by atoms with E-state index >= 15 is 0 Å². The second kappa shape index (κ2) is 8.53. The first-order chi connectivity index (χ1) is 11.9. The normalized spacial score (nSPS) is 11.0. The van der Waals surface area contributed by atoms with E-state index in [-0.39, 0.29) is 12.5 Å². The second-order valence-electron chi connectivity index (χ2n) is 5.70. The number of rotatable bonds is 8. The van der Waals surface area contributed by atoms with Crippen LogP contribution in [-0.2, 0) is 21.4 Å². The third-order valence-corrected chi connectivity index (χ3v) is 4.16. The Bertz CT molecular complexity index is 807. The van der Waals surface area contributed by atoms with Crippen LogP contribution in [-0.4, -0.2) is 33.7 Å². The van der Waals surface area contributed by atoms with Crippen LogP contribution in [0.2, 0.25) is 0 Å². The quantitative estimate of drug-likeness (QED) is 0.756. The van der Waals surface area contributed by atoms with Crippen LogP contribution in [0, 0.1) is 0 Å². The first-order valence-electron chi connectivity index (χ1n) is 8.01. The Hall–Kier alpha value is -2.54. The molecular formula is C18H23N3O3S. The van der Waals surface area contributed by atoms with Gasteiger partial charge in [-0.2, -0.15) is 0 Å². The fourth-order valence-corrected chi connectivity index (χ4v) is 2.97. The lowest BCUT2D eigenvalue weighted by Gasteiger charge is -2.22. The maximum Gasteiger partial charge on any atom is 0.239 e. The van der Waals surface area contributed by atoms with Crippen molar-refractivity contribution in [2.45, 2.75) is 13.5 Å². The Kier molecular flexibility index (Phi) is 6.41. The van der Waals surface area contributed by atoms with Crippen LogP contribution in [0.5, 0.6) is 0 Å². The number of anilines is 2. The van der Waals surface area contributed by atoms with Gasteiger partial charge in [-0.25, -0.2) is 8.42 Å².